The molecule has 1 aliphatic heterocycles. The van der Waals surface area contributed by atoms with Gasteiger partial charge in [0.15, 0.2) is 5.65 Å². The fourth-order valence-electron chi connectivity index (χ4n) is 5.73. The Bertz CT molecular complexity index is 1640. The van der Waals surface area contributed by atoms with Gasteiger partial charge in [0.25, 0.3) is 11.5 Å². The number of nitrogens with one attached hydrogen (secondary N) is 2. The minimum atomic E-state index is -1.02. The van der Waals surface area contributed by atoms with Crippen LogP contribution in [0.25, 0.3) is 5.65 Å². The number of carbonyl (C=O) groups is 1. The lowest BCUT2D eigenvalue weighted by atomic mass is 9.64. The molecule has 1 spiro atoms. The Kier molecular flexibility index (Phi) is 5.85. The molecular weight excluding hydrogens is 513 g/mol. The number of pyridine rings is 1. The molecule has 3 fully saturated rings. The van der Waals surface area contributed by atoms with Gasteiger partial charge < -0.3 is 24.8 Å². The lowest BCUT2D eigenvalue weighted by Gasteiger charge is -2.53. The normalized spacial score (nSPS) is 21.1. The molecule has 10 nitrogen and oxygen atoms in total. The topological polar surface area (TPSA) is 106 Å². The highest BCUT2D eigenvalue weighted by molar-refractivity contribution is 6.00. The van der Waals surface area contributed by atoms with E-state index in [-0.39, 0.29) is 22.6 Å². The first kappa shape index (κ1) is 24.8. The summed E-state index contributed by atoms with van der Waals surface area (Å²) < 4.78 is 22.3. The van der Waals surface area contributed by atoms with E-state index >= 15 is 0 Å². The lowest BCUT2D eigenvalue weighted by Crippen LogP contribution is -2.53. The van der Waals surface area contributed by atoms with Crippen molar-refractivity contribution in [1.29, 1.82) is 0 Å². The van der Waals surface area contributed by atoms with E-state index in [0.717, 1.165) is 31.6 Å². The van der Waals surface area contributed by atoms with Gasteiger partial charge in [0.2, 0.25) is 0 Å². The number of hydrogen-bond donors (Lipinski definition) is 2. The maximum Gasteiger partial charge on any atom is 0.274 e. The number of aromatic nitrogens is 4. The van der Waals surface area contributed by atoms with Gasteiger partial charge >= 0.3 is 0 Å². The smallest absolute Gasteiger partial charge is 0.274 e. The third-order valence-electron chi connectivity index (χ3n) is 8.16. The molecule has 2 N–H and O–H groups in total. The molecular formula is C29H30FN7O3. The summed E-state index contributed by atoms with van der Waals surface area (Å²) in [7, 11) is 1.93. The molecule has 3 aliphatic rings. The molecule has 3 aromatic heterocycles. The fraction of sp³-hybridized carbons (Fsp3) is 0.379. The highest BCUT2D eigenvalue weighted by atomic mass is 19.1. The van der Waals surface area contributed by atoms with Crippen LogP contribution >= 0.6 is 0 Å². The number of benzene rings is 1. The summed E-state index contributed by atoms with van der Waals surface area (Å²) in [4.78, 5) is 33.1. The predicted molar refractivity (Wildman–Crippen MR) is 148 cm³/mol. The number of ether oxygens (including phenoxy) is 1. The van der Waals surface area contributed by atoms with E-state index in [9.17, 15) is 14.0 Å². The zero-order valence-electron chi connectivity index (χ0n) is 22.1. The van der Waals surface area contributed by atoms with Crippen molar-refractivity contribution < 1.29 is 13.9 Å². The molecule has 0 radical (unpaired) electrons. The van der Waals surface area contributed by atoms with E-state index in [1.807, 2.05) is 60.6 Å². The minimum Gasteiger partial charge on any atom is -0.380 e. The lowest BCUT2D eigenvalue weighted by molar-refractivity contribution is -0.174. The van der Waals surface area contributed by atoms with Gasteiger partial charge in [-0.15, -0.1) is 0 Å². The van der Waals surface area contributed by atoms with Crippen LogP contribution in [0, 0.1) is 5.41 Å². The Hall–Kier alpha value is -4.25. The van der Waals surface area contributed by atoms with Gasteiger partial charge in [-0.2, -0.15) is 9.61 Å². The van der Waals surface area contributed by atoms with Crippen molar-refractivity contribution in [3.05, 3.63) is 82.4 Å². The van der Waals surface area contributed by atoms with E-state index in [2.05, 4.69) is 20.7 Å². The van der Waals surface area contributed by atoms with Crippen LogP contribution in [-0.4, -0.2) is 57.5 Å². The second kappa shape index (κ2) is 9.44. The third kappa shape index (κ3) is 4.40. The van der Waals surface area contributed by atoms with Gasteiger partial charge in [-0.05, 0) is 30.5 Å². The molecule has 2 aliphatic carbocycles. The second-order valence-electron chi connectivity index (χ2n) is 11.3. The summed E-state index contributed by atoms with van der Waals surface area (Å²) in [5.74, 6) is 0.647. The number of amides is 1. The SMILES string of the molecule is CN(Cc1ccccc1)c1cc(Nc2cccn(C3CC4(COC4)C3)c2=O)nc2c(C(=O)NC3CC3F)cnn12. The maximum absolute atomic E-state index is 13.5. The fourth-order valence-corrected chi connectivity index (χ4v) is 5.73. The largest absolute Gasteiger partial charge is 0.380 e. The minimum absolute atomic E-state index is 0.127. The van der Waals surface area contributed by atoms with Gasteiger partial charge in [0.1, 0.15) is 29.1 Å². The van der Waals surface area contributed by atoms with Crippen LogP contribution in [0.15, 0.2) is 65.7 Å². The third-order valence-corrected chi connectivity index (χ3v) is 8.16. The molecule has 2 saturated carbocycles. The molecule has 206 valence electrons. The highest BCUT2D eigenvalue weighted by Gasteiger charge is 2.50. The van der Waals surface area contributed by atoms with Crippen molar-refractivity contribution in [3.8, 4) is 0 Å². The van der Waals surface area contributed by atoms with Gasteiger partial charge in [0.05, 0.1) is 25.5 Å². The number of rotatable bonds is 8. The Balaban J connectivity index is 1.23. The molecule has 2 unspecified atom stereocenters. The number of halogens is 1. The summed E-state index contributed by atoms with van der Waals surface area (Å²) in [5, 5.41) is 10.4. The molecule has 1 aromatic carbocycles. The van der Waals surface area contributed by atoms with Crippen molar-refractivity contribution in [1.82, 2.24) is 24.5 Å². The molecule has 40 heavy (non-hydrogen) atoms. The van der Waals surface area contributed by atoms with Crippen molar-refractivity contribution in [2.75, 3.05) is 30.5 Å². The Morgan fingerprint density at radius 1 is 1.20 bits per heavy atom. The number of nitrogens with zero attached hydrogens (tertiary/aromatic N) is 5. The Morgan fingerprint density at radius 2 is 1.98 bits per heavy atom. The van der Waals surface area contributed by atoms with Crippen molar-refractivity contribution in [2.45, 2.75) is 44.1 Å². The van der Waals surface area contributed by atoms with E-state index in [4.69, 9.17) is 4.74 Å². The maximum atomic E-state index is 13.5. The average molecular weight is 544 g/mol. The highest BCUT2D eigenvalue weighted by Crippen LogP contribution is 2.52. The van der Waals surface area contributed by atoms with Crippen LogP contribution in [0.1, 0.15) is 41.2 Å². The quantitative estimate of drug-likeness (QED) is 0.351. The number of alkyl halides is 1. The first-order valence-electron chi connectivity index (χ1n) is 13.5. The molecule has 11 heteroatoms. The monoisotopic (exact) mass is 543 g/mol. The van der Waals surface area contributed by atoms with Crippen molar-refractivity contribution >= 4 is 28.9 Å². The summed E-state index contributed by atoms with van der Waals surface area (Å²) in [5.41, 5.74) is 2.15. The number of carbonyl (C=O) groups excluding carboxylic acids is 1. The van der Waals surface area contributed by atoms with Gasteiger partial charge in [-0.1, -0.05) is 30.3 Å². The Morgan fingerprint density at radius 3 is 2.67 bits per heavy atom. The van der Waals surface area contributed by atoms with Crippen LogP contribution < -0.4 is 21.1 Å². The van der Waals surface area contributed by atoms with Gasteiger partial charge in [-0.25, -0.2) is 9.37 Å². The van der Waals surface area contributed by atoms with Crippen LogP contribution in [0.3, 0.4) is 0 Å². The zero-order chi connectivity index (χ0) is 27.4. The predicted octanol–water partition coefficient (Wildman–Crippen LogP) is 3.46. The second-order valence-corrected chi connectivity index (χ2v) is 11.3. The van der Waals surface area contributed by atoms with Crippen LogP contribution in [0.4, 0.5) is 21.7 Å². The zero-order valence-corrected chi connectivity index (χ0v) is 22.1. The van der Waals surface area contributed by atoms with Crippen LogP contribution in [-0.2, 0) is 11.3 Å². The molecule has 0 bridgehead atoms. The van der Waals surface area contributed by atoms with E-state index in [0.29, 0.717) is 35.9 Å². The van der Waals surface area contributed by atoms with E-state index in [1.165, 1.54) is 6.20 Å². The summed E-state index contributed by atoms with van der Waals surface area (Å²) >= 11 is 0. The number of hydrogen-bond acceptors (Lipinski definition) is 7. The van der Waals surface area contributed by atoms with E-state index in [1.54, 1.807) is 15.1 Å². The van der Waals surface area contributed by atoms with E-state index < -0.39 is 18.1 Å². The molecule has 7 rings (SSSR count). The standard InChI is InChI=1S/C29H30FN7O3/c1-35(15-18-6-3-2-4-7-18)25-11-24(34-26-20(14-31-37(25)26)27(38)33-23-10-21(23)30)32-22-8-5-9-36(28(22)39)19-12-29(13-19)16-40-17-29/h2-9,11,14,19,21,23H,10,12-13,15-17H2,1H3,(H,32,34)(H,33,38). The Labute approximate surface area is 229 Å². The number of anilines is 3. The molecule has 2 atom stereocenters. The van der Waals surface area contributed by atoms with Crippen LogP contribution in [0.2, 0.25) is 0 Å². The summed E-state index contributed by atoms with van der Waals surface area (Å²) in [6, 6.07) is 15.1. The summed E-state index contributed by atoms with van der Waals surface area (Å²) in [6.45, 7) is 2.12. The molecule has 1 saturated heterocycles. The first-order chi connectivity index (χ1) is 19.4. The van der Waals surface area contributed by atoms with Crippen molar-refractivity contribution in [2.24, 2.45) is 5.41 Å². The first-order valence-corrected chi connectivity index (χ1v) is 13.5. The van der Waals surface area contributed by atoms with Gasteiger partial charge in [0, 0.05) is 43.7 Å². The van der Waals surface area contributed by atoms with Gasteiger partial charge in [-0.3, -0.25) is 9.59 Å². The summed E-state index contributed by atoms with van der Waals surface area (Å²) in [6.07, 6.45) is 4.43. The molecule has 1 amide bonds. The average Bonchev–Trinajstić information content (AvgIpc) is 3.41. The molecule has 4 aromatic rings. The molecule has 4 heterocycles. The van der Waals surface area contributed by atoms with Crippen molar-refractivity contribution in [3.63, 3.8) is 0 Å². The number of fused-ring (bicyclic) bond motifs is 1. The van der Waals surface area contributed by atoms with Crippen LogP contribution in [0.5, 0.6) is 0 Å².